The van der Waals surface area contributed by atoms with E-state index >= 15 is 0 Å². The number of benzene rings is 1. The number of hydrogen-bond donors (Lipinski definition) is 3. The molecule has 5 nitrogen and oxygen atoms in total. The van der Waals surface area contributed by atoms with Crippen LogP contribution in [0.3, 0.4) is 0 Å². The maximum absolute atomic E-state index is 11.1. The van der Waals surface area contributed by atoms with Crippen molar-refractivity contribution in [1.29, 1.82) is 0 Å². The summed E-state index contributed by atoms with van der Waals surface area (Å²) in [7, 11) is 0. The number of halogens is 1. The molecule has 0 saturated carbocycles. The first-order valence-electron chi connectivity index (χ1n) is 5.96. The molecule has 108 valence electrons. The largest absolute Gasteiger partial charge is 0.491 e. The third kappa shape index (κ3) is 7.66. The lowest BCUT2D eigenvalue weighted by atomic mass is 10.2. The fourth-order valence-corrected chi connectivity index (χ4v) is 1.41. The average molecular weight is 289 g/mol. The summed E-state index contributed by atoms with van der Waals surface area (Å²) in [6, 6.07) is 7.57. The summed E-state index contributed by atoms with van der Waals surface area (Å²) in [6.07, 6.45) is -0.460. The van der Waals surface area contributed by atoms with E-state index in [0.29, 0.717) is 12.3 Å². The summed E-state index contributed by atoms with van der Waals surface area (Å²) >= 11 is 0. The SMILES string of the molecule is Cc1cccc(OCC(O)CNC(=O)CCN)c1.Cl. The van der Waals surface area contributed by atoms with E-state index in [2.05, 4.69) is 5.32 Å². The van der Waals surface area contributed by atoms with Crippen molar-refractivity contribution in [3.8, 4) is 5.75 Å². The van der Waals surface area contributed by atoms with Crippen LogP contribution in [0.15, 0.2) is 24.3 Å². The summed E-state index contributed by atoms with van der Waals surface area (Å²) in [5, 5.41) is 12.2. The van der Waals surface area contributed by atoms with Crippen LogP contribution in [0.2, 0.25) is 0 Å². The van der Waals surface area contributed by atoms with E-state index in [-0.39, 0.29) is 37.9 Å². The first-order chi connectivity index (χ1) is 8.61. The van der Waals surface area contributed by atoms with Gasteiger partial charge in [0.05, 0.1) is 0 Å². The third-order valence-electron chi connectivity index (χ3n) is 2.34. The standard InChI is InChI=1S/C13H20N2O3.ClH/c1-10-3-2-4-12(7-10)18-9-11(16)8-15-13(17)5-6-14;/h2-4,7,11,16H,5-6,8-9,14H2,1H3,(H,15,17);1H. The van der Waals surface area contributed by atoms with Crippen LogP contribution in [-0.4, -0.2) is 36.8 Å². The Bertz CT molecular complexity index is 388. The number of aryl methyl sites for hydroxylation is 1. The fraction of sp³-hybridized carbons (Fsp3) is 0.462. The molecule has 0 bridgehead atoms. The molecule has 0 spiro atoms. The highest BCUT2D eigenvalue weighted by Crippen LogP contribution is 2.12. The van der Waals surface area contributed by atoms with Crippen LogP contribution in [0.25, 0.3) is 0 Å². The molecule has 1 amide bonds. The van der Waals surface area contributed by atoms with Crippen LogP contribution in [0.1, 0.15) is 12.0 Å². The topological polar surface area (TPSA) is 84.6 Å². The van der Waals surface area contributed by atoms with Gasteiger partial charge in [-0.25, -0.2) is 0 Å². The summed E-state index contributed by atoms with van der Waals surface area (Å²) in [5.74, 6) is 0.550. The van der Waals surface area contributed by atoms with Gasteiger partial charge in [-0.05, 0) is 24.6 Å². The Morgan fingerprint density at radius 1 is 1.53 bits per heavy atom. The van der Waals surface area contributed by atoms with Crippen molar-refractivity contribution in [3.05, 3.63) is 29.8 Å². The van der Waals surface area contributed by atoms with E-state index in [1.54, 1.807) is 0 Å². The highest BCUT2D eigenvalue weighted by molar-refractivity contribution is 5.85. The second-order valence-electron chi connectivity index (χ2n) is 4.12. The van der Waals surface area contributed by atoms with Gasteiger partial charge in [-0.1, -0.05) is 12.1 Å². The van der Waals surface area contributed by atoms with E-state index in [4.69, 9.17) is 10.5 Å². The molecule has 1 unspecified atom stereocenters. The molecule has 0 heterocycles. The number of amides is 1. The van der Waals surface area contributed by atoms with Gasteiger partial charge in [0.15, 0.2) is 0 Å². The molecule has 0 aliphatic heterocycles. The number of ether oxygens (including phenoxy) is 1. The highest BCUT2D eigenvalue weighted by Gasteiger charge is 2.07. The molecule has 0 radical (unpaired) electrons. The normalized spacial score (nSPS) is 11.3. The number of aliphatic hydroxyl groups excluding tert-OH is 1. The van der Waals surface area contributed by atoms with Crippen molar-refractivity contribution < 1.29 is 14.6 Å². The molecule has 1 aromatic carbocycles. The van der Waals surface area contributed by atoms with Crippen LogP contribution in [-0.2, 0) is 4.79 Å². The van der Waals surface area contributed by atoms with Gasteiger partial charge in [-0.15, -0.1) is 12.4 Å². The van der Waals surface area contributed by atoms with Gasteiger partial charge in [-0.3, -0.25) is 4.79 Å². The molecule has 1 rings (SSSR count). The van der Waals surface area contributed by atoms with Crippen molar-refractivity contribution in [3.63, 3.8) is 0 Å². The van der Waals surface area contributed by atoms with Crippen molar-refractivity contribution in [2.75, 3.05) is 19.7 Å². The Balaban J connectivity index is 0.00000324. The molecule has 0 aromatic heterocycles. The van der Waals surface area contributed by atoms with Crippen LogP contribution in [0, 0.1) is 6.92 Å². The zero-order valence-electron chi connectivity index (χ0n) is 11.0. The Labute approximate surface area is 119 Å². The monoisotopic (exact) mass is 288 g/mol. The van der Waals surface area contributed by atoms with Crippen LogP contribution < -0.4 is 15.8 Å². The van der Waals surface area contributed by atoms with Gasteiger partial charge in [0.1, 0.15) is 18.5 Å². The summed E-state index contributed by atoms with van der Waals surface area (Å²) in [4.78, 5) is 11.1. The Kier molecular flexibility index (Phi) is 8.95. The Morgan fingerprint density at radius 2 is 2.26 bits per heavy atom. The minimum Gasteiger partial charge on any atom is -0.491 e. The lowest BCUT2D eigenvalue weighted by Gasteiger charge is -2.13. The number of rotatable bonds is 7. The van der Waals surface area contributed by atoms with E-state index in [1.165, 1.54) is 0 Å². The van der Waals surface area contributed by atoms with E-state index in [9.17, 15) is 9.90 Å². The van der Waals surface area contributed by atoms with E-state index in [0.717, 1.165) is 5.56 Å². The lowest BCUT2D eigenvalue weighted by Crippen LogP contribution is -2.36. The van der Waals surface area contributed by atoms with Crippen molar-refractivity contribution in [1.82, 2.24) is 5.32 Å². The van der Waals surface area contributed by atoms with Gasteiger partial charge in [0.25, 0.3) is 0 Å². The number of carbonyl (C=O) groups excluding carboxylic acids is 1. The minimum atomic E-state index is -0.729. The summed E-state index contributed by atoms with van der Waals surface area (Å²) in [5.41, 5.74) is 6.33. The molecule has 1 atom stereocenters. The predicted octanol–water partition coefficient (Wildman–Crippen LogP) is 0.622. The minimum absolute atomic E-state index is 0. The number of carbonyl (C=O) groups is 1. The first kappa shape index (κ1) is 17.7. The quantitative estimate of drug-likeness (QED) is 0.687. The van der Waals surface area contributed by atoms with Gasteiger partial charge in [0.2, 0.25) is 5.91 Å². The molecular weight excluding hydrogens is 268 g/mol. The lowest BCUT2D eigenvalue weighted by molar-refractivity contribution is -0.121. The maximum atomic E-state index is 11.1. The summed E-state index contributed by atoms with van der Waals surface area (Å²) in [6.45, 7) is 2.59. The van der Waals surface area contributed by atoms with Crippen molar-refractivity contribution in [2.45, 2.75) is 19.4 Å². The van der Waals surface area contributed by atoms with E-state index in [1.807, 2.05) is 31.2 Å². The number of nitrogens with one attached hydrogen (secondary N) is 1. The van der Waals surface area contributed by atoms with Gasteiger partial charge >= 0.3 is 0 Å². The van der Waals surface area contributed by atoms with Gasteiger partial charge in [-0.2, -0.15) is 0 Å². The zero-order chi connectivity index (χ0) is 13.4. The van der Waals surface area contributed by atoms with Crippen molar-refractivity contribution in [2.24, 2.45) is 5.73 Å². The van der Waals surface area contributed by atoms with E-state index < -0.39 is 6.10 Å². The van der Waals surface area contributed by atoms with Crippen molar-refractivity contribution >= 4 is 18.3 Å². The number of hydrogen-bond acceptors (Lipinski definition) is 4. The smallest absolute Gasteiger partial charge is 0.221 e. The predicted molar refractivity (Wildman–Crippen MR) is 76.6 cm³/mol. The molecule has 0 aliphatic rings. The summed E-state index contributed by atoms with van der Waals surface area (Å²) < 4.78 is 5.41. The van der Waals surface area contributed by atoms with Crippen LogP contribution >= 0.6 is 12.4 Å². The molecular formula is C13H21ClN2O3. The fourth-order valence-electron chi connectivity index (χ4n) is 1.41. The van der Waals surface area contributed by atoms with Crippen LogP contribution in [0.5, 0.6) is 5.75 Å². The molecule has 4 N–H and O–H groups in total. The molecule has 6 heteroatoms. The second-order valence-corrected chi connectivity index (χ2v) is 4.12. The molecule has 1 aromatic rings. The zero-order valence-corrected chi connectivity index (χ0v) is 11.8. The molecule has 0 saturated heterocycles. The third-order valence-corrected chi connectivity index (χ3v) is 2.34. The second kappa shape index (κ2) is 9.61. The Hall–Kier alpha value is -1.30. The number of nitrogens with two attached hydrogens (primary N) is 1. The Morgan fingerprint density at radius 3 is 2.89 bits per heavy atom. The average Bonchev–Trinajstić information content (AvgIpc) is 2.34. The molecule has 19 heavy (non-hydrogen) atoms. The number of aliphatic hydroxyl groups is 1. The first-order valence-corrected chi connectivity index (χ1v) is 5.96. The maximum Gasteiger partial charge on any atom is 0.221 e. The molecule has 0 fully saturated rings. The van der Waals surface area contributed by atoms with Crippen LogP contribution in [0.4, 0.5) is 0 Å². The van der Waals surface area contributed by atoms with Gasteiger partial charge in [0, 0.05) is 19.5 Å². The molecule has 0 aliphatic carbocycles. The van der Waals surface area contributed by atoms with Gasteiger partial charge < -0.3 is 20.9 Å². The highest BCUT2D eigenvalue weighted by atomic mass is 35.5.